The molecule has 0 fully saturated rings. The van der Waals surface area contributed by atoms with E-state index in [1.165, 1.54) is 0 Å². The van der Waals surface area contributed by atoms with Gasteiger partial charge in [-0.1, -0.05) is 0 Å². The number of methoxy groups -OCH3 is 1. The van der Waals surface area contributed by atoms with Crippen LogP contribution < -0.4 is 4.74 Å². The fourth-order valence-electron chi connectivity index (χ4n) is 1.22. The first-order chi connectivity index (χ1) is 6.33. The van der Waals surface area contributed by atoms with Crippen LogP contribution in [0.4, 0.5) is 0 Å². The molecule has 1 N–H and O–H groups in total. The number of aromatic nitrogens is 2. The van der Waals surface area contributed by atoms with Gasteiger partial charge in [0.2, 0.25) is 0 Å². The van der Waals surface area contributed by atoms with Crippen LogP contribution in [0.2, 0.25) is 0 Å². The summed E-state index contributed by atoms with van der Waals surface area (Å²) in [5.41, 5.74) is 1.44. The van der Waals surface area contributed by atoms with Crippen LogP contribution in [0.15, 0.2) is 24.5 Å². The first-order valence-corrected chi connectivity index (χ1v) is 3.96. The Kier molecular flexibility index (Phi) is 1.90. The maximum Gasteiger partial charge on any atom is 0.140 e. The third kappa shape index (κ3) is 1.36. The van der Waals surface area contributed by atoms with Crippen molar-refractivity contribution in [2.24, 2.45) is 0 Å². The number of hydrogen-bond acceptors (Lipinski definition) is 3. The number of nitrogens with zero attached hydrogens (tertiary/aromatic N) is 2. The molecule has 4 heteroatoms. The van der Waals surface area contributed by atoms with Gasteiger partial charge in [0.25, 0.3) is 0 Å². The Bertz CT molecular complexity index is 420. The molecule has 0 amide bonds. The Balaban J connectivity index is 2.57. The molecule has 2 aromatic rings. The van der Waals surface area contributed by atoms with Crippen LogP contribution in [0.3, 0.4) is 0 Å². The highest BCUT2D eigenvalue weighted by Crippen LogP contribution is 2.13. The third-order valence-electron chi connectivity index (χ3n) is 1.88. The lowest BCUT2D eigenvalue weighted by atomic mass is 10.4. The van der Waals surface area contributed by atoms with Gasteiger partial charge >= 0.3 is 0 Å². The standard InChI is InChI=1S/C9H10N2O2/c1-13-8-2-3-11-5-7(6-12)10-9(11)4-8/h2-5,12H,6H2,1H3. The van der Waals surface area contributed by atoms with Crippen molar-refractivity contribution in [3.05, 3.63) is 30.2 Å². The first-order valence-electron chi connectivity index (χ1n) is 3.96. The van der Waals surface area contributed by atoms with Gasteiger partial charge in [0, 0.05) is 18.5 Å². The summed E-state index contributed by atoms with van der Waals surface area (Å²) >= 11 is 0. The summed E-state index contributed by atoms with van der Waals surface area (Å²) in [6.45, 7) is -0.0377. The molecule has 0 unspecified atom stereocenters. The van der Waals surface area contributed by atoms with Gasteiger partial charge in [-0.2, -0.15) is 0 Å². The van der Waals surface area contributed by atoms with E-state index in [9.17, 15) is 0 Å². The van der Waals surface area contributed by atoms with Gasteiger partial charge in [-0.15, -0.1) is 0 Å². The Morgan fingerprint density at radius 2 is 2.46 bits per heavy atom. The number of imidazole rings is 1. The number of aliphatic hydroxyl groups is 1. The minimum atomic E-state index is -0.0377. The summed E-state index contributed by atoms with van der Waals surface area (Å²) in [5, 5.41) is 8.86. The summed E-state index contributed by atoms with van der Waals surface area (Å²) in [7, 11) is 1.61. The fraction of sp³-hybridized carbons (Fsp3) is 0.222. The Hall–Kier alpha value is -1.55. The molecule has 0 atom stereocenters. The van der Waals surface area contributed by atoms with Gasteiger partial charge in [0.05, 0.1) is 19.4 Å². The number of pyridine rings is 1. The molecule has 0 aromatic carbocycles. The highest BCUT2D eigenvalue weighted by atomic mass is 16.5. The van der Waals surface area contributed by atoms with Crippen LogP contribution in [-0.2, 0) is 6.61 Å². The van der Waals surface area contributed by atoms with Crippen molar-refractivity contribution in [2.75, 3.05) is 7.11 Å². The second-order valence-electron chi connectivity index (χ2n) is 2.72. The predicted octanol–water partition coefficient (Wildman–Crippen LogP) is 0.835. The number of ether oxygens (including phenoxy) is 1. The van der Waals surface area contributed by atoms with Crippen molar-refractivity contribution in [1.29, 1.82) is 0 Å². The lowest BCUT2D eigenvalue weighted by Crippen LogP contribution is -1.86. The van der Waals surface area contributed by atoms with Crippen molar-refractivity contribution >= 4 is 5.65 Å². The molecule has 0 aliphatic carbocycles. The average molecular weight is 178 g/mol. The molecule has 0 radical (unpaired) electrons. The van der Waals surface area contributed by atoms with Gasteiger partial charge in [-0.05, 0) is 6.07 Å². The molecule has 0 aliphatic rings. The number of hydrogen-bond donors (Lipinski definition) is 1. The molecule has 0 spiro atoms. The SMILES string of the molecule is COc1ccn2cc(CO)nc2c1. The molecule has 4 nitrogen and oxygen atoms in total. The van der Waals surface area contributed by atoms with E-state index < -0.39 is 0 Å². The molecule has 0 aliphatic heterocycles. The molecule has 2 aromatic heterocycles. The molecule has 0 saturated heterocycles. The second kappa shape index (κ2) is 3.06. The van der Waals surface area contributed by atoms with Crippen molar-refractivity contribution in [2.45, 2.75) is 6.61 Å². The molecule has 2 rings (SSSR count). The highest BCUT2D eigenvalue weighted by Gasteiger charge is 2.00. The van der Waals surface area contributed by atoms with Crippen molar-refractivity contribution in [1.82, 2.24) is 9.38 Å². The smallest absolute Gasteiger partial charge is 0.140 e. The van der Waals surface area contributed by atoms with E-state index in [4.69, 9.17) is 9.84 Å². The Morgan fingerprint density at radius 3 is 3.15 bits per heavy atom. The van der Waals surface area contributed by atoms with E-state index in [1.807, 2.05) is 22.7 Å². The van der Waals surface area contributed by atoms with Crippen LogP contribution >= 0.6 is 0 Å². The van der Waals surface area contributed by atoms with Crippen LogP contribution in [-0.4, -0.2) is 21.6 Å². The van der Waals surface area contributed by atoms with Crippen molar-refractivity contribution in [3.63, 3.8) is 0 Å². The zero-order valence-corrected chi connectivity index (χ0v) is 7.27. The zero-order chi connectivity index (χ0) is 9.26. The highest BCUT2D eigenvalue weighted by molar-refractivity contribution is 5.45. The van der Waals surface area contributed by atoms with Gasteiger partial charge in [0.15, 0.2) is 0 Å². The van der Waals surface area contributed by atoms with E-state index in [0.717, 1.165) is 11.4 Å². The van der Waals surface area contributed by atoms with E-state index in [0.29, 0.717) is 5.69 Å². The normalized spacial score (nSPS) is 10.6. The molecule has 0 bridgehead atoms. The Morgan fingerprint density at radius 1 is 1.62 bits per heavy atom. The molecular weight excluding hydrogens is 168 g/mol. The molecule has 68 valence electrons. The lowest BCUT2D eigenvalue weighted by Gasteiger charge is -1.98. The van der Waals surface area contributed by atoms with Crippen molar-refractivity contribution in [3.8, 4) is 5.75 Å². The minimum absolute atomic E-state index is 0.0377. The topological polar surface area (TPSA) is 46.8 Å². The van der Waals surface area contributed by atoms with Crippen LogP contribution in [0.1, 0.15) is 5.69 Å². The second-order valence-corrected chi connectivity index (χ2v) is 2.72. The fourth-order valence-corrected chi connectivity index (χ4v) is 1.22. The third-order valence-corrected chi connectivity index (χ3v) is 1.88. The summed E-state index contributed by atoms with van der Waals surface area (Å²) in [4.78, 5) is 4.17. The summed E-state index contributed by atoms with van der Waals surface area (Å²) in [6, 6.07) is 3.66. The monoisotopic (exact) mass is 178 g/mol. The zero-order valence-electron chi connectivity index (χ0n) is 7.27. The molecule has 2 heterocycles. The molecule has 0 saturated carbocycles. The van der Waals surface area contributed by atoms with Gasteiger partial charge in [-0.3, -0.25) is 0 Å². The van der Waals surface area contributed by atoms with Gasteiger partial charge < -0.3 is 14.2 Å². The Labute approximate surface area is 75.4 Å². The van der Waals surface area contributed by atoms with E-state index in [2.05, 4.69) is 4.98 Å². The summed E-state index contributed by atoms with van der Waals surface area (Å²) in [5.74, 6) is 0.766. The molecule has 13 heavy (non-hydrogen) atoms. The largest absolute Gasteiger partial charge is 0.497 e. The van der Waals surface area contributed by atoms with E-state index in [-0.39, 0.29) is 6.61 Å². The maximum absolute atomic E-state index is 8.86. The van der Waals surface area contributed by atoms with Crippen LogP contribution in [0, 0.1) is 0 Å². The van der Waals surface area contributed by atoms with Gasteiger partial charge in [0.1, 0.15) is 11.4 Å². The number of aliphatic hydroxyl groups excluding tert-OH is 1. The predicted molar refractivity (Wildman–Crippen MR) is 47.7 cm³/mol. The minimum Gasteiger partial charge on any atom is -0.497 e. The quantitative estimate of drug-likeness (QED) is 0.741. The first kappa shape index (κ1) is 8.07. The van der Waals surface area contributed by atoms with Crippen LogP contribution in [0.5, 0.6) is 5.75 Å². The number of fused-ring (bicyclic) bond motifs is 1. The van der Waals surface area contributed by atoms with Crippen LogP contribution in [0.25, 0.3) is 5.65 Å². The van der Waals surface area contributed by atoms with Gasteiger partial charge in [-0.25, -0.2) is 4.98 Å². The summed E-state index contributed by atoms with van der Waals surface area (Å²) < 4.78 is 6.89. The maximum atomic E-state index is 8.86. The van der Waals surface area contributed by atoms with E-state index >= 15 is 0 Å². The molecular formula is C9H10N2O2. The van der Waals surface area contributed by atoms with E-state index in [1.54, 1.807) is 13.3 Å². The lowest BCUT2D eigenvalue weighted by molar-refractivity contribution is 0.277. The summed E-state index contributed by atoms with van der Waals surface area (Å²) in [6.07, 6.45) is 3.63. The number of rotatable bonds is 2. The average Bonchev–Trinajstić information content (AvgIpc) is 2.58. The van der Waals surface area contributed by atoms with Crippen molar-refractivity contribution < 1.29 is 9.84 Å².